The number of benzene rings is 1. The summed E-state index contributed by atoms with van der Waals surface area (Å²) < 4.78 is 5.74. The fourth-order valence-electron chi connectivity index (χ4n) is 3.18. The molecule has 0 bridgehead atoms. The molecule has 0 unspecified atom stereocenters. The van der Waals surface area contributed by atoms with E-state index in [4.69, 9.17) is 26.3 Å². The third-order valence-electron chi connectivity index (χ3n) is 4.96. The number of rotatable bonds is 3. The predicted molar refractivity (Wildman–Crippen MR) is 117 cm³/mol. The van der Waals surface area contributed by atoms with Gasteiger partial charge in [0.1, 0.15) is 6.10 Å². The molecule has 1 heterocycles. The molecule has 2 atom stereocenters. The van der Waals surface area contributed by atoms with Crippen LogP contribution < -0.4 is 0 Å². The summed E-state index contributed by atoms with van der Waals surface area (Å²) in [6.45, 7) is 7.04. The van der Waals surface area contributed by atoms with Crippen LogP contribution in [0, 0.1) is 19.8 Å². The van der Waals surface area contributed by atoms with Crippen LogP contribution in [0.2, 0.25) is 5.02 Å². The highest BCUT2D eigenvalue weighted by Crippen LogP contribution is 2.30. The van der Waals surface area contributed by atoms with E-state index in [-0.39, 0.29) is 18.4 Å². The number of halogens is 1. The molecule has 30 heavy (non-hydrogen) atoms. The second kappa shape index (κ2) is 11.0. The lowest BCUT2D eigenvalue weighted by Crippen LogP contribution is -2.23. The van der Waals surface area contributed by atoms with Crippen LogP contribution in [0.5, 0.6) is 0 Å². The van der Waals surface area contributed by atoms with Crippen molar-refractivity contribution in [3.05, 3.63) is 57.6 Å². The van der Waals surface area contributed by atoms with Gasteiger partial charge in [0.2, 0.25) is 6.61 Å². The highest BCUT2D eigenvalue weighted by Gasteiger charge is 2.24. The first-order chi connectivity index (χ1) is 14.2. The van der Waals surface area contributed by atoms with Crippen molar-refractivity contribution in [1.29, 1.82) is 0 Å². The Kier molecular flexibility index (Phi) is 8.66. The van der Waals surface area contributed by atoms with Crippen molar-refractivity contribution < 1.29 is 24.3 Å². The number of carbonyl (C=O) groups excluding carboxylic acids is 1. The molecule has 1 N–H and O–H groups in total. The third-order valence-corrected chi connectivity index (χ3v) is 5.48. The van der Waals surface area contributed by atoms with Gasteiger partial charge in [-0.3, -0.25) is 0 Å². The molecule has 1 aliphatic rings. The number of hydrogen-bond donors (Lipinski definition) is 1. The van der Waals surface area contributed by atoms with Crippen LogP contribution in [0.3, 0.4) is 0 Å². The molecule has 0 spiro atoms. The zero-order valence-corrected chi connectivity index (χ0v) is 18.5. The number of ether oxygens (including phenoxy) is 1. The van der Waals surface area contributed by atoms with E-state index >= 15 is 0 Å². The smallest absolute Gasteiger partial charge is 0.344 e. The van der Waals surface area contributed by atoms with Gasteiger partial charge < -0.3 is 14.7 Å². The maximum absolute atomic E-state index is 13.1. The highest BCUT2D eigenvalue weighted by atomic mass is 35.5. The molecule has 1 aromatic rings. The van der Waals surface area contributed by atoms with Crippen molar-refractivity contribution in [3.63, 3.8) is 0 Å². The standard InChI is InChI=1S/C23H28ClNO5/c1-14-9-7-5-6-8-10-18(25-29-13-20(26)27)12-19-21(23(28)30-17(14)4)15(2)11-16(3)22(19)24/h7-11,14,17H,5-6,12-13H2,1-4H3,(H,26,27)/b9-7+,10-8+,25-18+/t14-,17+/m0/s1. The Morgan fingerprint density at radius 1 is 1.27 bits per heavy atom. The van der Waals surface area contributed by atoms with Gasteiger partial charge in [-0.25, -0.2) is 9.59 Å². The van der Waals surface area contributed by atoms with Crippen LogP contribution in [-0.2, 0) is 20.8 Å². The first kappa shape index (κ1) is 23.7. The van der Waals surface area contributed by atoms with Crippen molar-refractivity contribution in [3.8, 4) is 0 Å². The minimum absolute atomic E-state index is 0.0760. The van der Waals surface area contributed by atoms with Crippen LogP contribution in [0.25, 0.3) is 0 Å². The zero-order valence-electron chi connectivity index (χ0n) is 17.8. The van der Waals surface area contributed by atoms with Crippen molar-refractivity contribution in [1.82, 2.24) is 0 Å². The zero-order chi connectivity index (χ0) is 22.3. The monoisotopic (exact) mass is 433 g/mol. The molecule has 2 rings (SSSR count). The van der Waals surface area contributed by atoms with Gasteiger partial charge in [0.05, 0.1) is 11.3 Å². The number of carboxylic acid groups (broad SMARTS) is 1. The largest absolute Gasteiger partial charge is 0.479 e. The number of oxime groups is 1. The number of allylic oxidation sites excluding steroid dienone is 3. The first-order valence-corrected chi connectivity index (χ1v) is 10.3. The number of hydrogen-bond acceptors (Lipinski definition) is 5. The van der Waals surface area contributed by atoms with E-state index in [0.29, 0.717) is 21.9 Å². The summed E-state index contributed by atoms with van der Waals surface area (Å²) in [6.07, 6.45) is 9.33. The minimum atomic E-state index is -1.12. The second-order valence-electron chi connectivity index (χ2n) is 7.48. The van der Waals surface area contributed by atoms with Gasteiger partial charge in [0.25, 0.3) is 0 Å². The SMILES string of the molecule is Cc1cc(C)c2c(c1Cl)CC(=N/OCC(=O)O)/C=C/CC/C=C/[C@H](C)[C@@H](C)OC2=O. The summed E-state index contributed by atoms with van der Waals surface area (Å²) >= 11 is 6.58. The van der Waals surface area contributed by atoms with Gasteiger partial charge in [0.15, 0.2) is 0 Å². The average Bonchev–Trinajstić information content (AvgIpc) is 2.66. The van der Waals surface area contributed by atoms with E-state index in [2.05, 4.69) is 11.2 Å². The van der Waals surface area contributed by atoms with Crippen LogP contribution in [0.15, 0.2) is 35.5 Å². The van der Waals surface area contributed by atoms with Gasteiger partial charge in [-0.15, -0.1) is 0 Å². The second-order valence-corrected chi connectivity index (χ2v) is 7.86. The van der Waals surface area contributed by atoms with Gasteiger partial charge in [-0.05, 0) is 56.4 Å². The van der Waals surface area contributed by atoms with Crippen molar-refractivity contribution in [2.45, 2.75) is 53.1 Å². The Morgan fingerprint density at radius 3 is 2.67 bits per heavy atom. The molecule has 6 nitrogen and oxygen atoms in total. The lowest BCUT2D eigenvalue weighted by molar-refractivity contribution is -0.142. The highest BCUT2D eigenvalue weighted by molar-refractivity contribution is 6.33. The lowest BCUT2D eigenvalue weighted by Gasteiger charge is -2.21. The minimum Gasteiger partial charge on any atom is -0.479 e. The number of nitrogens with zero attached hydrogens (tertiary/aromatic N) is 1. The molecule has 0 saturated carbocycles. The summed E-state index contributed by atoms with van der Waals surface area (Å²) in [6, 6.07) is 1.85. The van der Waals surface area contributed by atoms with Gasteiger partial charge in [0, 0.05) is 17.4 Å². The molecule has 0 radical (unpaired) electrons. The van der Waals surface area contributed by atoms with E-state index < -0.39 is 18.5 Å². The molecule has 0 amide bonds. The lowest BCUT2D eigenvalue weighted by atomic mass is 9.94. The Labute approximate surface area is 182 Å². The molecule has 0 fully saturated rings. The van der Waals surface area contributed by atoms with Crippen LogP contribution >= 0.6 is 11.6 Å². The number of cyclic esters (lactones) is 1. The number of carboxylic acids is 1. The van der Waals surface area contributed by atoms with Gasteiger partial charge >= 0.3 is 11.9 Å². The predicted octanol–water partition coefficient (Wildman–Crippen LogP) is 5.04. The van der Waals surface area contributed by atoms with Gasteiger partial charge in [-0.2, -0.15) is 0 Å². The Hall–Kier alpha value is -2.60. The van der Waals surface area contributed by atoms with Crippen molar-refractivity contribution in [2.24, 2.45) is 11.1 Å². The summed E-state index contributed by atoms with van der Waals surface area (Å²) in [7, 11) is 0. The van der Waals surface area contributed by atoms with E-state index in [1.807, 2.05) is 45.9 Å². The van der Waals surface area contributed by atoms with E-state index in [1.54, 1.807) is 6.08 Å². The van der Waals surface area contributed by atoms with E-state index in [9.17, 15) is 9.59 Å². The van der Waals surface area contributed by atoms with Crippen LogP contribution in [0.1, 0.15) is 53.7 Å². The van der Waals surface area contributed by atoms with E-state index in [1.165, 1.54) is 0 Å². The third kappa shape index (κ3) is 6.46. The first-order valence-electron chi connectivity index (χ1n) is 9.94. The average molecular weight is 434 g/mol. The fraction of sp³-hybridized carbons (Fsp3) is 0.435. The molecule has 0 aliphatic carbocycles. The Morgan fingerprint density at radius 2 is 1.97 bits per heavy atom. The number of esters is 1. The summed E-state index contributed by atoms with van der Waals surface area (Å²) in [5, 5.41) is 13.2. The Bertz CT molecular complexity index is 888. The number of carbonyl (C=O) groups is 2. The molecule has 1 aliphatic heterocycles. The normalized spacial score (nSPS) is 23.8. The molecule has 162 valence electrons. The van der Waals surface area contributed by atoms with E-state index in [0.717, 1.165) is 24.0 Å². The van der Waals surface area contributed by atoms with Crippen LogP contribution in [-0.4, -0.2) is 35.5 Å². The molecule has 7 heteroatoms. The topological polar surface area (TPSA) is 85.2 Å². The summed E-state index contributed by atoms with van der Waals surface area (Å²) in [4.78, 5) is 28.8. The maximum atomic E-state index is 13.1. The van der Waals surface area contributed by atoms with Crippen LogP contribution in [0.4, 0.5) is 0 Å². The molecule has 0 saturated heterocycles. The summed E-state index contributed by atoms with van der Waals surface area (Å²) in [5.74, 6) is -1.48. The quantitative estimate of drug-likeness (QED) is 0.410. The number of aliphatic carboxylic acids is 1. The Balaban J connectivity index is 2.54. The summed E-state index contributed by atoms with van der Waals surface area (Å²) in [5.41, 5.74) is 3.06. The fourth-order valence-corrected chi connectivity index (χ4v) is 3.40. The van der Waals surface area contributed by atoms with Gasteiger partial charge in [-0.1, -0.05) is 48.0 Å². The number of fused-ring (bicyclic) bond motifs is 1. The molecule has 0 aromatic heterocycles. The molecular weight excluding hydrogens is 406 g/mol. The number of aryl methyl sites for hydroxylation is 2. The van der Waals surface area contributed by atoms with Crippen molar-refractivity contribution >= 4 is 29.3 Å². The van der Waals surface area contributed by atoms with Crippen molar-refractivity contribution in [2.75, 3.05) is 6.61 Å². The molecular formula is C23H28ClNO5. The molecule has 1 aromatic carbocycles. The maximum Gasteiger partial charge on any atom is 0.344 e.